The van der Waals surface area contributed by atoms with Crippen LogP contribution in [0.25, 0.3) is 11.3 Å². The van der Waals surface area contributed by atoms with Crippen LogP contribution in [0, 0.1) is 0 Å². The molecular weight excluding hydrogens is 454 g/mol. The zero-order chi connectivity index (χ0) is 20.8. The summed E-state index contributed by atoms with van der Waals surface area (Å²) in [5.41, 5.74) is 2.79. The second-order valence-corrected chi connectivity index (χ2v) is 7.64. The van der Waals surface area contributed by atoms with E-state index in [1.807, 2.05) is 41.9 Å². The van der Waals surface area contributed by atoms with Crippen LogP contribution in [0.3, 0.4) is 0 Å². The van der Waals surface area contributed by atoms with Crippen LogP contribution in [0.15, 0.2) is 56.3 Å². The Bertz CT molecular complexity index is 1070. The van der Waals surface area contributed by atoms with E-state index in [9.17, 15) is 0 Å². The summed E-state index contributed by atoms with van der Waals surface area (Å²) in [6.07, 6.45) is 1.74. The van der Waals surface area contributed by atoms with Crippen LogP contribution in [-0.2, 0) is 0 Å². The standard InChI is InChI=1S/C21H22BrN3O3S/c1-5-23-21-25(17(13-29-21)14-6-8-16(22)9-7-14)24-12-15-10-19(27-3)20(28-4)11-18(15)26-2/h6-13H,5H2,1-4H3. The van der Waals surface area contributed by atoms with Crippen molar-refractivity contribution in [3.05, 3.63) is 56.6 Å². The predicted molar refractivity (Wildman–Crippen MR) is 121 cm³/mol. The molecule has 8 heteroatoms. The van der Waals surface area contributed by atoms with Crippen molar-refractivity contribution in [2.45, 2.75) is 6.92 Å². The van der Waals surface area contributed by atoms with Gasteiger partial charge in [-0.2, -0.15) is 5.10 Å². The first-order chi connectivity index (χ1) is 14.1. The van der Waals surface area contributed by atoms with Gasteiger partial charge in [-0.3, -0.25) is 4.99 Å². The van der Waals surface area contributed by atoms with Crippen molar-refractivity contribution >= 4 is 33.5 Å². The van der Waals surface area contributed by atoms with Crippen molar-refractivity contribution < 1.29 is 14.2 Å². The van der Waals surface area contributed by atoms with Gasteiger partial charge in [0.05, 0.1) is 33.2 Å². The number of nitrogens with zero attached hydrogens (tertiary/aromatic N) is 3. The third-order valence-corrected chi connectivity index (χ3v) is 5.55. The highest BCUT2D eigenvalue weighted by atomic mass is 79.9. The Morgan fingerprint density at radius 1 is 1.00 bits per heavy atom. The van der Waals surface area contributed by atoms with Gasteiger partial charge in [-0.25, -0.2) is 4.68 Å². The topological polar surface area (TPSA) is 57.3 Å². The molecular formula is C21H22BrN3O3S. The molecule has 0 aliphatic heterocycles. The van der Waals surface area contributed by atoms with Gasteiger partial charge in [0, 0.05) is 33.6 Å². The molecule has 0 amide bonds. The minimum Gasteiger partial charge on any atom is -0.496 e. The van der Waals surface area contributed by atoms with E-state index in [1.165, 1.54) is 0 Å². The van der Waals surface area contributed by atoms with Gasteiger partial charge in [-0.1, -0.05) is 28.1 Å². The summed E-state index contributed by atoms with van der Waals surface area (Å²) in [5, 5.41) is 6.77. The first kappa shape index (κ1) is 21.1. The summed E-state index contributed by atoms with van der Waals surface area (Å²) in [5.74, 6) is 1.85. The summed E-state index contributed by atoms with van der Waals surface area (Å²) >= 11 is 5.03. The zero-order valence-corrected chi connectivity index (χ0v) is 19.1. The van der Waals surface area contributed by atoms with E-state index in [0.29, 0.717) is 23.8 Å². The first-order valence-electron chi connectivity index (χ1n) is 8.92. The minimum absolute atomic E-state index is 0.599. The summed E-state index contributed by atoms with van der Waals surface area (Å²) in [6, 6.07) is 11.7. The van der Waals surface area contributed by atoms with Crippen LogP contribution in [0.1, 0.15) is 12.5 Å². The molecule has 3 aromatic rings. The molecule has 6 nitrogen and oxygen atoms in total. The predicted octanol–water partition coefficient (Wildman–Crippen LogP) is 4.81. The van der Waals surface area contributed by atoms with Gasteiger partial charge >= 0.3 is 0 Å². The Balaban J connectivity index is 2.10. The van der Waals surface area contributed by atoms with E-state index in [-0.39, 0.29) is 0 Å². The van der Waals surface area contributed by atoms with Crippen LogP contribution >= 0.6 is 27.3 Å². The fraction of sp³-hybridized carbons (Fsp3) is 0.238. The number of rotatable bonds is 7. The highest BCUT2D eigenvalue weighted by Gasteiger charge is 2.12. The van der Waals surface area contributed by atoms with Crippen molar-refractivity contribution in [2.24, 2.45) is 10.1 Å². The van der Waals surface area contributed by atoms with E-state index in [2.05, 4.69) is 26.3 Å². The number of methoxy groups -OCH3 is 3. The number of halogens is 1. The Morgan fingerprint density at radius 2 is 1.66 bits per heavy atom. The summed E-state index contributed by atoms with van der Waals surface area (Å²) < 4.78 is 19.1. The molecule has 152 valence electrons. The lowest BCUT2D eigenvalue weighted by atomic mass is 10.2. The van der Waals surface area contributed by atoms with Crippen molar-refractivity contribution in [2.75, 3.05) is 27.9 Å². The number of ether oxygens (including phenoxy) is 3. The Hall–Kier alpha value is -2.58. The molecule has 3 rings (SSSR count). The van der Waals surface area contributed by atoms with Gasteiger partial charge in [0.2, 0.25) is 4.80 Å². The molecule has 0 spiro atoms. The smallest absolute Gasteiger partial charge is 0.206 e. The normalized spacial score (nSPS) is 11.8. The molecule has 0 aliphatic carbocycles. The number of thiazole rings is 1. The lowest BCUT2D eigenvalue weighted by Crippen LogP contribution is -2.12. The van der Waals surface area contributed by atoms with Gasteiger partial charge in [-0.15, -0.1) is 11.3 Å². The zero-order valence-electron chi connectivity index (χ0n) is 16.7. The van der Waals surface area contributed by atoms with Crippen molar-refractivity contribution in [1.29, 1.82) is 0 Å². The fourth-order valence-corrected chi connectivity index (χ4v) is 3.91. The largest absolute Gasteiger partial charge is 0.496 e. The Morgan fingerprint density at radius 3 is 2.28 bits per heavy atom. The van der Waals surface area contributed by atoms with Gasteiger partial charge in [0.25, 0.3) is 0 Å². The van der Waals surface area contributed by atoms with Crippen molar-refractivity contribution in [3.63, 3.8) is 0 Å². The van der Waals surface area contributed by atoms with E-state index in [0.717, 1.165) is 26.1 Å². The highest BCUT2D eigenvalue weighted by molar-refractivity contribution is 9.10. The fourth-order valence-electron chi connectivity index (χ4n) is 2.75. The van der Waals surface area contributed by atoms with Gasteiger partial charge in [0.15, 0.2) is 11.5 Å². The van der Waals surface area contributed by atoms with Gasteiger partial charge < -0.3 is 14.2 Å². The molecule has 0 fully saturated rings. The average Bonchev–Trinajstić information content (AvgIpc) is 3.14. The SMILES string of the molecule is CCN=c1scc(-c2ccc(Br)cc2)n1N=Cc1cc(OC)c(OC)cc1OC. The molecule has 0 saturated heterocycles. The first-order valence-corrected chi connectivity index (χ1v) is 10.6. The van der Waals surface area contributed by atoms with Crippen molar-refractivity contribution in [1.82, 2.24) is 4.68 Å². The number of aromatic nitrogens is 1. The summed E-state index contributed by atoms with van der Waals surface area (Å²) in [7, 11) is 4.81. The number of hydrogen-bond donors (Lipinski definition) is 0. The molecule has 0 atom stereocenters. The average molecular weight is 476 g/mol. The highest BCUT2D eigenvalue weighted by Crippen LogP contribution is 2.34. The van der Waals surface area contributed by atoms with Crippen LogP contribution in [0.4, 0.5) is 0 Å². The van der Waals surface area contributed by atoms with E-state index < -0.39 is 0 Å². The van der Waals surface area contributed by atoms with E-state index in [1.54, 1.807) is 44.9 Å². The molecule has 0 N–H and O–H groups in total. The molecule has 0 unspecified atom stereocenters. The van der Waals surface area contributed by atoms with Gasteiger partial charge in [-0.05, 0) is 25.1 Å². The van der Waals surface area contributed by atoms with Crippen molar-refractivity contribution in [3.8, 4) is 28.5 Å². The quantitative estimate of drug-likeness (QED) is 0.460. The molecule has 29 heavy (non-hydrogen) atoms. The monoisotopic (exact) mass is 475 g/mol. The molecule has 2 aromatic carbocycles. The maximum absolute atomic E-state index is 5.50. The van der Waals surface area contributed by atoms with Gasteiger partial charge in [0.1, 0.15) is 5.75 Å². The minimum atomic E-state index is 0.599. The third-order valence-electron chi connectivity index (χ3n) is 4.17. The lowest BCUT2D eigenvalue weighted by molar-refractivity contribution is 0.349. The van der Waals surface area contributed by atoms with E-state index >= 15 is 0 Å². The number of hydrogen-bond acceptors (Lipinski definition) is 6. The third kappa shape index (κ3) is 4.71. The second-order valence-electron chi connectivity index (χ2n) is 5.89. The molecule has 1 heterocycles. The lowest BCUT2D eigenvalue weighted by Gasteiger charge is -2.12. The van der Waals surface area contributed by atoms with Crippen LogP contribution < -0.4 is 19.0 Å². The Labute approximate surface area is 182 Å². The second kappa shape index (κ2) is 9.76. The maximum Gasteiger partial charge on any atom is 0.206 e. The molecule has 0 saturated carbocycles. The molecule has 0 aliphatic rings. The number of benzene rings is 2. The Kier molecular flexibility index (Phi) is 7.11. The molecule has 1 aromatic heterocycles. The summed E-state index contributed by atoms with van der Waals surface area (Å²) in [6.45, 7) is 2.68. The van der Waals surface area contributed by atoms with Crippen LogP contribution in [0.2, 0.25) is 0 Å². The van der Waals surface area contributed by atoms with Crippen LogP contribution in [0.5, 0.6) is 17.2 Å². The molecule has 0 bridgehead atoms. The maximum atomic E-state index is 5.50. The molecule has 0 radical (unpaired) electrons. The summed E-state index contributed by atoms with van der Waals surface area (Å²) in [4.78, 5) is 5.39. The van der Waals surface area contributed by atoms with E-state index in [4.69, 9.17) is 19.3 Å². The van der Waals surface area contributed by atoms with Crippen LogP contribution in [-0.4, -0.2) is 38.8 Å².